The number of likely N-dealkylation sites (N-methyl/N-ethyl adjacent to an activating group) is 1. The molecule has 0 spiro atoms. The Morgan fingerprint density at radius 3 is 2.55 bits per heavy atom. The van der Waals surface area contributed by atoms with Gasteiger partial charge in [-0.1, -0.05) is 25.4 Å². The normalized spacial score (nSPS) is 11.0. The number of carbonyl (C=O) groups excluding carboxylic acids is 1. The number of aromatic hydroxyl groups is 1. The maximum Gasteiger partial charge on any atom is 0.342 e. The summed E-state index contributed by atoms with van der Waals surface area (Å²) in [7, 11) is 0. The van der Waals surface area contributed by atoms with Crippen LogP contribution in [0.2, 0.25) is 5.02 Å². The molecule has 0 radical (unpaired) electrons. The lowest BCUT2D eigenvalue weighted by Gasteiger charge is -2.17. The van der Waals surface area contributed by atoms with Crippen LogP contribution in [0.15, 0.2) is 48.9 Å². The smallest absolute Gasteiger partial charge is 0.342 e. The summed E-state index contributed by atoms with van der Waals surface area (Å²) < 4.78 is 1.30. The van der Waals surface area contributed by atoms with E-state index in [9.17, 15) is 9.90 Å². The number of aromatic nitrogens is 3. The SMILES string of the molecule is CCN(CC)CCNC(=O)n1cc(-c2ccncc2)c(-c2ccc(O)c(Cl)c2)n1. The molecular formula is C21H24ClN5O2. The van der Waals surface area contributed by atoms with E-state index in [0.717, 1.165) is 30.8 Å². The molecule has 3 rings (SSSR count). The molecule has 2 aromatic heterocycles. The van der Waals surface area contributed by atoms with Crippen LogP contribution in [-0.4, -0.2) is 57.0 Å². The Labute approximate surface area is 174 Å². The third-order valence-corrected chi connectivity index (χ3v) is 5.04. The Hall–Kier alpha value is -2.90. The molecule has 3 aromatic rings. The van der Waals surface area contributed by atoms with E-state index in [-0.39, 0.29) is 16.8 Å². The van der Waals surface area contributed by atoms with Gasteiger partial charge in [-0.2, -0.15) is 9.78 Å². The number of phenolic OH excluding ortho intramolecular Hbond substituents is 1. The van der Waals surface area contributed by atoms with Crippen molar-refractivity contribution >= 4 is 17.6 Å². The number of hydrogen-bond donors (Lipinski definition) is 2. The number of nitrogens with zero attached hydrogens (tertiary/aromatic N) is 4. The topological polar surface area (TPSA) is 83.3 Å². The molecule has 0 atom stereocenters. The number of carbonyl (C=O) groups is 1. The summed E-state index contributed by atoms with van der Waals surface area (Å²) in [6.45, 7) is 7.37. The van der Waals surface area contributed by atoms with Crippen molar-refractivity contribution in [2.45, 2.75) is 13.8 Å². The highest BCUT2D eigenvalue weighted by Gasteiger charge is 2.17. The Bertz CT molecular complexity index is 970. The zero-order valence-corrected chi connectivity index (χ0v) is 17.2. The number of halogens is 1. The van der Waals surface area contributed by atoms with Crippen molar-refractivity contribution in [1.29, 1.82) is 0 Å². The van der Waals surface area contributed by atoms with Crippen LogP contribution in [-0.2, 0) is 0 Å². The zero-order chi connectivity index (χ0) is 20.8. The summed E-state index contributed by atoms with van der Waals surface area (Å²) >= 11 is 6.08. The minimum atomic E-state index is -0.302. The third kappa shape index (κ3) is 4.93. The van der Waals surface area contributed by atoms with E-state index in [2.05, 4.69) is 34.1 Å². The van der Waals surface area contributed by atoms with Crippen LogP contribution < -0.4 is 5.32 Å². The lowest BCUT2D eigenvalue weighted by atomic mass is 10.0. The molecule has 0 bridgehead atoms. The minimum Gasteiger partial charge on any atom is -0.506 e. The average Bonchev–Trinajstić information content (AvgIpc) is 3.19. The van der Waals surface area contributed by atoms with Crippen LogP contribution in [0, 0.1) is 0 Å². The monoisotopic (exact) mass is 413 g/mol. The molecule has 0 fully saturated rings. The van der Waals surface area contributed by atoms with Crippen molar-refractivity contribution < 1.29 is 9.90 Å². The van der Waals surface area contributed by atoms with Gasteiger partial charge < -0.3 is 15.3 Å². The molecule has 1 amide bonds. The summed E-state index contributed by atoms with van der Waals surface area (Å²) in [5, 5.41) is 17.3. The summed E-state index contributed by atoms with van der Waals surface area (Å²) in [4.78, 5) is 18.9. The second-order valence-electron chi connectivity index (χ2n) is 6.50. The molecule has 8 heteroatoms. The van der Waals surface area contributed by atoms with Crippen LogP contribution in [0.5, 0.6) is 5.75 Å². The third-order valence-electron chi connectivity index (χ3n) is 4.73. The fourth-order valence-corrected chi connectivity index (χ4v) is 3.21. The van der Waals surface area contributed by atoms with Gasteiger partial charge in [0.1, 0.15) is 11.4 Å². The van der Waals surface area contributed by atoms with Gasteiger partial charge >= 0.3 is 6.03 Å². The molecule has 0 aliphatic rings. The van der Waals surface area contributed by atoms with E-state index in [1.807, 2.05) is 12.1 Å². The van der Waals surface area contributed by atoms with Crippen LogP contribution in [0.25, 0.3) is 22.4 Å². The number of hydrogen-bond acceptors (Lipinski definition) is 5. The maximum absolute atomic E-state index is 12.6. The molecule has 29 heavy (non-hydrogen) atoms. The quantitative estimate of drug-likeness (QED) is 0.614. The van der Waals surface area contributed by atoms with E-state index in [1.165, 1.54) is 10.7 Å². The van der Waals surface area contributed by atoms with Gasteiger partial charge in [-0.15, -0.1) is 0 Å². The van der Waals surface area contributed by atoms with Crippen molar-refractivity contribution in [2.24, 2.45) is 0 Å². The van der Waals surface area contributed by atoms with Gasteiger partial charge in [-0.05, 0) is 49.0 Å². The van der Waals surface area contributed by atoms with Gasteiger partial charge in [0.2, 0.25) is 0 Å². The highest BCUT2D eigenvalue weighted by atomic mass is 35.5. The van der Waals surface area contributed by atoms with E-state index in [0.29, 0.717) is 17.8 Å². The van der Waals surface area contributed by atoms with Crippen molar-refractivity contribution in [3.63, 3.8) is 0 Å². The first-order valence-corrected chi connectivity index (χ1v) is 9.90. The van der Waals surface area contributed by atoms with E-state index in [1.54, 1.807) is 30.7 Å². The fourth-order valence-electron chi connectivity index (χ4n) is 3.03. The predicted molar refractivity (Wildman–Crippen MR) is 114 cm³/mol. The van der Waals surface area contributed by atoms with Gasteiger partial charge in [-0.3, -0.25) is 4.98 Å². The van der Waals surface area contributed by atoms with Crippen LogP contribution in [0.4, 0.5) is 4.79 Å². The second kappa shape index (κ2) is 9.54. The van der Waals surface area contributed by atoms with Crippen molar-refractivity contribution in [2.75, 3.05) is 26.2 Å². The van der Waals surface area contributed by atoms with E-state index >= 15 is 0 Å². The molecular weight excluding hydrogens is 390 g/mol. The molecule has 1 aromatic carbocycles. The van der Waals surface area contributed by atoms with Crippen LogP contribution in [0.1, 0.15) is 13.8 Å². The van der Waals surface area contributed by atoms with Crippen LogP contribution >= 0.6 is 11.6 Å². The number of rotatable bonds is 7. The number of phenols is 1. The van der Waals surface area contributed by atoms with Gasteiger partial charge in [0.15, 0.2) is 0 Å². The molecule has 0 saturated carbocycles. The number of amides is 1. The van der Waals surface area contributed by atoms with Crippen molar-refractivity contribution in [3.8, 4) is 28.1 Å². The molecule has 0 unspecified atom stereocenters. The molecule has 0 aliphatic carbocycles. The average molecular weight is 414 g/mol. The molecule has 0 aliphatic heterocycles. The highest BCUT2D eigenvalue weighted by molar-refractivity contribution is 6.32. The number of nitrogens with one attached hydrogen (secondary N) is 1. The lowest BCUT2D eigenvalue weighted by molar-refractivity contribution is 0.235. The Kier molecular flexibility index (Phi) is 6.85. The summed E-state index contributed by atoms with van der Waals surface area (Å²) in [5.41, 5.74) is 2.95. The van der Waals surface area contributed by atoms with E-state index in [4.69, 9.17) is 11.6 Å². The van der Waals surface area contributed by atoms with Gasteiger partial charge in [-0.25, -0.2) is 4.79 Å². The van der Waals surface area contributed by atoms with Crippen LogP contribution in [0.3, 0.4) is 0 Å². The summed E-state index contributed by atoms with van der Waals surface area (Å²) in [6, 6.07) is 8.26. The standard InChI is InChI=1S/C21H24ClN5O2/c1-3-26(4-2)12-11-24-21(29)27-14-17(15-7-9-23-10-8-15)20(25-27)16-5-6-19(28)18(22)13-16/h5-10,13-14,28H,3-4,11-12H2,1-2H3,(H,24,29). The summed E-state index contributed by atoms with van der Waals surface area (Å²) in [6.07, 6.45) is 5.06. The Morgan fingerprint density at radius 2 is 1.90 bits per heavy atom. The van der Waals surface area contributed by atoms with Gasteiger partial charge in [0.25, 0.3) is 0 Å². The molecule has 152 valence electrons. The van der Waals surface area contributed by atoms with Gasteiger partial charge in [0.05, 0.1) is 5.02 Å². The number of pyridine rings is 1. The van der Waals surface area contributed by atoms with Gasteiger partial charge in [0, 0.05) is 42.8 Å². The molecule has 0 saturated heterocycles. The largest absolute Gasteiger partial charge is 0.506 e. The van der Waals surface area contributed by atoms with E-state index < -0.39 is 0 Å². The van der Waals surface area contributed by atoms with Crippen molar-refractivity contribution in [3.05, 3.63) is 53.9 Å². The lowest BCUT2D eigenvalue weighted by Crippen LogP contribution is -2.36. The molecule has 7 nitrogen and oxygen atoms in total. The first-order valence-electron chi connectivity index (χ1n) is 9.53. The first-order chi connectivity index (χ1) is 14.0. The fraction of sp³-hybridized carbons (Fsp3) is 0.286. The Morgan fingerprint density at radius 1 is 1.17 bits per heavy atom. The Balaban J connectivity index is 1.90. The summed E-state index contributed by atoms with van der Waals surface area (Å²) in [5.74, 6) is -0.00513. The van der Waals surface area contributed by atoms with Crippen molar-refractivity contribution in [1.82, 2.24) is 25.0 Å². The molecule has 2 N–H and O–H groups in total. The zero-order valence-electron chi connectivity index (χ0n) is 16.5. The molecule has 2 heterocycles. The second-order valence-corrected chi connectivity index (χ2v) is 6.90. The first kappa shape index (κ1) is 20.8. The number of benzene rings is 1. The maximum atomic E-state index is 12.6. The highest BCUT2D eigenvalue weighted by Crippen LogP contribution is 2.34. The minimum absolute atomic E-state index is 0.00513. The predicted octanol–water partition coefficient (Wildman–Crippen LogP) is 3.87.